The maximum Gasteiger partial charge on any atom is 0.149 e. The smallest absolute Gasteiger partial charge is 0.149 e. The molecule has 0 aliphatic heterocycles. The molecule has 0 atom stereocenters. The summed E-state index contributed by atoms with van der Waals surface area (Å²) in [5, 5.41) is 1.82. The Kier molecular flexibility index (Phi) is 4.18. The van der Waals surface area contributed by atoms with Crippen LogP contribution in [-0.2, 0) is 5.41 Å². The molecule has 3 aromatic carbocycles. The van der Waals surface area contributed by atoms with Crippen LogP contribution in [0.15, 0.2) is 83.5 Å². The first-order chi connectivity index (χ1) is 15.9. The maximum atomic E-state index is 13.9. The van der Waals surface area contributed by atoms with Crippen molar-refractivity contribution in [1.82, 2.24) is 14.5 Å². The Morgan fingerprint density at radius 1 is 0.879 bits per heavy atom. The van der Waals surface area contributed by atoms with Crippen molar-refractivity contribution in [3.63, 3.8) is 0 Å². The number of halogens is 1. The van der Waals surface area contributed by atoms with E-state index < -0.39 is 0 Å². The molecular weight excluding hydrogens is 413 g/mol. The SMILES string of the molecule is CC(C)(C)c1cncc2c1nc(-c1cccc3c1oc1cc(F)ccc13)n2-c1ccccc1. The van der Waals surface area contributed by atoms with E-state index in [4.69, 9.17) is 9.40 Å². The number of aromatic nitrogens is 3. The van der Waals surface area contributed by atoms with Crippen molar-refractivity contribution in [3.8, 4) is 17.1 Å². The van der Waals surface area contributed by atoms with Crippen molar-refractivity contribution in [2.45, 2.75) is 26.2 Å². The molecule has 0 saturated carbocycles. The minimum absolute atomic E-state index is 0.122. The first kappa shape index (κ1) is 19.7. The quantitative estimate of drug-likeness (QED) is 0.284. The van der Waals surface area contributed by atoms with E-state index in [0.717, 1.165) is 44.4 Å². The van der Waals surface area contributed by atoms with Crippen LogP contribution < -0.4 is 0 Å². The highest BCUT2D eigenvalue weighted by molar-refractivity contribution is 6.09. The molecule has 6 aromatic rings. The predicted octanol–water partition coefficient (Wildman–Crippen LogP) is 7.42. The summed E-state index contributed by atoms with van der Waals surface area (Å²) in [7, 11) is 0. The molecule has 33 heavy (non-hydrogen) atoms. The summed E-state index contributed by atoms with van der Waals surface area (Å²) in [5.41, 5.74) is 5.86. The van der Waals surface area contributed by atoms with Crippen LogP contribution >= 0.6 is 0 Å². The molecule has 5 heteroatoms. The van der Waals surface area contributed by atoms with Gasteiger partial charge in [0.05, 0.1) is 22.8 Å². The van der Waals surface area contributed by atoms with Crippen LogP contribution in [0.2, 0.25) is 0 Å². The monoisotopic (exact) mass is 435 g/mol. The van der Waals surface area contributed by atoms with Gasteiger partial charge in [0.1, 0.15) is 22.8 Å². The van der Waals surface area contributed by atoms with Crippen molar-refractivity contribution in [2.24, 2.45) is 0 Å². The van der Waals surface area contributed by atoms with Crippen LogP contribution in [0.4, 0.5) is 4.39 Å². The Hall–Kier alpha value is -3.99. The van der Waals surface area contributed by atoms with Gasteiger partial charge >= 0.3 is 0 Å². The van der Waals surface area contributed by atoms with Gasteiger partial charge < -0.3 is 4.42 Å². The summed E-state index contributed by atoms with van der Waals surface area (Å²) >= 11 is 0. The lowest BCUT2D eigenvalue weighted by molar-refractivity contribution is 0.592. The Balaban J connectivity index is 1.75. The summed E-state index contributed by atoms with van der Waals surface area (Å²) in [6.07, 6.45) is 3.77. The van der Waals surface area contributed by atoms with Gasteiger partial charge in [0, 0.05) is 34.3 Å². The molecule has 0 spiro atoms. The summed E-state index contributed by atoms with van der Waals surface area (Å²) in [5.74, 6) is 0.445. The van der Waals surface area contributed by atoms with Gasteiger partial charge in [0.25, 0.3) is 0 Å². The fraction of sp³-hybridized carbons (Fsp3) is 0.143. The number of hydrogen-bond acceptors (Lipinski definition) is 3. The fourth-order valence-corrected chi connectivity index (χ4v) is 4.51. The first-order valence-electron chi connectivity index (χ1n) is 11.0. The van der Waals surface area contributed by atoms with Gasteiger partial charge in [-0.15, -0.1) is 0 Å². The minimum Gasteiger partial charge on any atom is -0.455 e. The summed E-state index contributed by atoms with van der Waals surface area (Å²) in [4.78, 5) is 9.71. The van der Waals surface area contributed by atoms with Crippen molar-refractivity contribution in [2.75, 3.05) is 0 Å². The fourth-order valence-electron chi connectivity index (χ4n) is 4.51. The lowest BCUT2D eigenvalue weighted by Crippen LogP contribution is -2.12. The van der Waals surface area contributed by atoms with Crippen LogP contribution in [-0.4, -0.2) is 14.5 Å². The normalized spacial score (nSPS) is 12.2. The number of pyridine rings is 1. The second-order valence-electron chi connectivity index (χ2n) is 9.34. The van der Waals surface area contributed by atoms with Gasteiger partial charge in [-0.3, -0.25) is 9.55 Å². The molecular formula is C28H22FN3O. The second-order valence-corrected chi connectivity index (χ2v) is 9.34. The number of imidazole rings is 1. The van der Waals surface area contributed by atoms with Crippen molar-refractivity contribution < 1.29 is 8.81 Å². The highest BCUT2D eigenvalue weighted by Crippen LogP contribution is 2.39. The number of para-hydroxylation sites is 2. The van der Waals surface area contributed by atoms with E-state index in [2.05, 4.69) is 42.5 Å². The molecule has 0 unspecified atom stereocenters. The molecule has 3 aromatic heterocycles. The largest absolute Gasteiger partial charge is 0.455 e. The van der Waals surface area contributed by atoms with Crippen molar-refractivity contribution in [1.29, 1.82) is 0 Å². The highest BCUT2D eigenvalue weighted by atomic mass is 19.1. The zero-order chi connectivity index (χ0) is 22.7. The van der Waals surface area contributed by atoms with Gasteiger partial charge in [-0.1, -0.05) is 51.1 Å². The minimum atomic E-state index is -0.319. The summed E-state index contributed by atoms with van der Waals surface area (Å²) in [6.45, 7) is 6.50. The topological polar surface area (TPSA) is 43.9 Å². The molecule has 0 aliphatic rings. The van der Waals surface area contributed by atoms with Gasteiger partial charge in [-0.2, -0.15) is 0 Å². The lowest BCUT2D eigenvalue weighted by Gasteiger charge is -2.18. The number of furan rings is 1. The molecule has 0 N–H and O–H groups in total. The molecule has 162 valence electrons. The number of fused-ring (bicyclic) bond motifs is 4. The van der Waals surface area contributed by atoms with E-state index in [0.29, 0.717) is 11.2 Å². The van der Waals surface area contributed by atoms with Crippen molar-refractivity contribution in [3.05, 3.63) is 90.5 Å². The van der Waals surface area contributed by atoms with Gasteiger partial charge in [-0.05, 0) is 35.7 Å². The Morgan fingerprint density at radius 3 is 2.48 bits per heavy atom. The Morgan fingerprint density at radius 2 is 1.70 bits per heavy atom. The third-order valence-electron chi connectivity index (χ3n) is 6.09. The first-order valence-corrected chi connectivity index (χ1v) is 11.0. The van der Waals surface area contributed by atoms with E-state index >= 15 is 0 Å². The van der Waals surface area contributed by atoms with E-state index in [9.17, 15) is 4.39 Å². The van der Waals surface area contributed by atoms with Crippen LogP contribution in [0.25, 0.3) is 50.0 Å². The molecule has 4 nitrogen and oxygen atoms in total. The average Bonchev–Trinajstić information content (AvgIpc) is 3.36. The second kappa shape index (κ2) is 7.01. The van der Waals surface area contributed by atoms with Gasteiger partial charge in [-0.25, -0.2) is 9.37 Å². The van der Waals surface area contributed by atoms with Gasteiger partial charge in [0.2, 0.25) is 0 Å². The van der Waals surface area contributed by atoms with E-state index in [1.807, 2.05) is 48.8 Å². The van der Waals surface area contributed by atoms with Crippen LogP contribution in [0.3, 0.4) is 0 Å². The van der Waals surface area contributed by atoms with E-state index in [1.54, 1.807) is 6.07 Å². The van der Waals surface area contributed by atoms with Crippen LogP contribution in [0, 0.1) is 5.82 Å². The molecule has 0 fully saturated rings. The highest BCUT2D eigenvalue weighted by Gasteiger charge is 2.25. The summed E-state index contributed by atoms with van der Waals surface area (Å²) < 4.78 is 22.2. The molecule has 0 bridgehead atoms. The van der Waals surface area contributed by atoms with E-state index in [1.165, 1.54) is 12.1 Å². The molecule has 0 aliphatic carbocycles. The number of nitrogens with zero attached hydrogens (tertiary/aromatic N) is 3. The zero-order valence-corrected chi connectivity index (χ0v) is 18.6. The summed E-state index contributed by atoms with van der Waals surface area (Å²) in [6, 6.07) is 20.8. The molecule has 0 saturated heterocycles. The maximum absolute atomic E-state index is 13.9. The van der Waals surface area contributed by atoms with Crippen LogP contribution in [0.1, 0.15) is 26.3 Å². The van der Waals surface area contributed by atoms with E-state index in [-0.39, 0.29) is 11.2 Å². The predicted molar refractivity (Wildman–Crippen MR) is 130 cm³/mol. The van der Waals surface area contributed by atoms with Crippen LogP contribution in [0.5, 0.6) is 0 Å². The third kappa shape index (κ3) is 3.04. The number of benzene rings is 3. The number of hydrogen-bond donors (Lipinski definition) is 0. The standard InChI is InChI=1S/C28H22FN3O/c1-28(2,3)22-15-30-16-23-25(22)31-27(32(23)18-8-5-4-6-9-18)21-11-7-10-20-19-13-12-17(29)14-24(19)33-26(20)21/h4-16H,1-3H3. The zero-order valence-electron chi connectivity index (χ0n) is 18.6. The molecule has 0 radical (unpaired) electrons. The van der Waals surface area contributed by atoms with Gasteiger partial charge in [0.15, 0.2) is 0 Å². The molecule has 6 rings (SSSR count). The van der Waals surface area contributed by atoms with Crippen molar-refractivity contribution >= 4 is 33.0 Å². The average molecular weight is 436 g/mol. The molecule has 0 amide bonds. The lowest BCUT2D eigenvalue weighted by atomic mass is 9.87. The third-order valence-corrected chi connectivity index (χ3v) is 6.09. The Labute approximate surface area is 190 Å². The Bertz CT molecular complexity index is 1660. The molecule has 3 heterocycles. The number of rotatable bonds is 2.